The molecule has 1 aliphatic heterocycles. The van der Waals surface area contributed by atoms with Gasteiger partial charge in [-0.25, -0.2) is 4.79 Å². The van der Waals surface area contributed by atoms with Crippen LogP contribution in [0.2, 0.25) is 0 Å². The molecular weight excluding hydrogens is 448 g/mol. The van der Waals surface area contributed by atoms with Gasteiger partial charge in [-0.15, -0.1) is 0 Å². The van der Waals surface area contributed by atoms with E-state index in [0.29, 0.717) is 61.2 Å². The third-order valence-corrected chi connectivity index (χ3v) is 5.84. The van der Waals surface area contributed by atoms with Crippen molar-refractivity contribution in [1.82, 2.24) is 14.7 Å². The average Bonchev–Trinajstić information content (AvgIpc) is 3.40. The number of aromatic nitrogens is 2. The number of imide groups is 1. The number of benzene rings is 2. The SMILES string of the molecule is COC(=O)c1ccccc1Cn1cc(NC(=O)CCCCCN2C(=O)c3ccccc3C2=O)cn1. The van der Waals surface area contributed by atoms with Gasteiger partial charge < -0.3 is 10.1 Å². The van der Waals surface area contributed by atoms with Gasteiger partial charge >= 0.3 is 5.97 Å². The number of nitrogens with zero attached hydrogens (tertiary/aromatic N) is 3. The lowest BCUT2D eigenvalue weighted by Gasteiger charge is -2.13. The first-order valence-corrected chi connectivity index (χ1v) is 11.4. The molecule has 0 fully saturated rings. The fraction of sp³-hybridized carbons (Fsp3) is 0.269. The topological polar surface area (TPSA) is 111 Å². The van der Waals surface area contributed by atoms with Crippen molar-refractivity contribution in [1.29, 1.82) is 0 Å². The minimum absolute atomic E-state index is 0.139. The van der Waals surface area contributed by atoms with E-state index in [2.05, 4.69) is 10.4 Å². The van der Waals surface area contributed by atoms with E-state index in [1.807, 2.05) is 12.1 Å². The minimum Gasteiger partial charge on any atom is -0.465 e. The molecule has 1 aliphatic rings. The van der Waals surface area contributed by atoms with Crippen molar-refractivity contribution in [3.8, 4) is 0 Å². The van der Waals surface area contributed by atoms with Gasteiger partial charge in [0.2, 0.25) is 5.91 Å². The largest absolute Gasteiger partial charge is 0.465 e. The Morgan fingerprint density at radius 1 is 0.943 bits per heavy atom. The highest BCUT2D eigenvalue weighted by Crippen LogP contribution is 2.23. The highest BCUT2D eigenvalue weighted by atomic mass is 16.5. The zero-order valence-corrected chi connectivity index (χ0v) is 19.4. The number of methoxy groups -OCH3 is 1. The monoisotopic (exact) mass is 474 g/mol. The smallest absolute Gasteiger partial charge is 0.338 e. The molecule has 3 amide bonds. The fourth-order valence-electron chi connectivity index (χ4n) is 4.05. The Kier molecular flexibility index (Phi) is 7.35. The molecule has 35 heavy (non-hydrogen) atoms. The van der Waals surface area contributed by atoms with Crippen molar-refractivity contribution in [3.63, 3.8) is 0 Å². The Hall–Kier alpha value is -4.27. The van der Waals surface area contributed by atoms with Crippen molar-refractivity contribution < 1.29 is 23.9 Å². The predicted molar refractivity (Wildman–Crippen MR) is 128 cm³/mol. The second-order valence-corrected chi connectivity index (χ2v) is 8.24. The standard InChI is InChI=1S/C26H26N4O5/c1-35-26(34)20-10-5-4-9-18(20)16-29-17-19(15-27-29)28-23(31)13-3-2-8-14-30-24(32)21-11-6-7-12-22(21)25(30)33/h4-7,9-12,15,17H,2-3,8,13-14,16H2,1H3,(H,28,31). The molecule has 0 atom stereocenters. The Labute approximate surface area is 202 Å². The number of esters is 1. The lowest BCUT2D eigenvalue weighted by atomic mass is 10.1. The van der Waals surface area contributed by atoms with E-state index in [4.69, 9.17) is 4.74 Å². The van der Waals surface area contributed by atoms with Gasteiger partial charge in [-0.2, -0.15) is 5.10 Å². The van der Waals surface area contributed by atoms with E-state index in [1.54, 1.807) is 53.5 Å². The number of ether oxygens (including phenoxy) is 1. The van der Waals surface area contributed by atoms with E-state index in [1.165, 1.54) is 12.0 Å². The molecule has 9 heteroatoms. The molecule has 0 spiro atoms. The van der Waals surface area contributed by atoms with Crippen LogP contribution in [0.1, 0.15) is 62.3 Å². The van der Waals surface area contributed by atoms with Crippen molar-refractivity contribution in [3.05, 3.63) is 83.2 Å². The molecule has 3 aromatic rings. The summed E-state index contributed by atoms with van der Waals surface area (Å²) in [5.41, 5.74) is 2.70. The number of hydrogen-bond donors (Lipinski definition) is 1. The van der Waals surface area contributed by atoms with Gasteiger partial charge in [0.1, 0.15) is 0 Å². The maximum absolute atomic E-state index is 12.4. The molecule has 0 aliphatic carbocycles. The number of nitrogens with one attached hydrogen (secondary N) is 1. The first-order valence-electron chi connectivity index (χ1n) is 11.4. The van der Waals surface area contributed by atoms with Crippen LogP contribution in [0.25, 0.3) is 0 Å². The molecule has 0 unspecified atom stereocenters. The zero-order chi connectivity index (χ0) is 24.8. The third-order valence-electron chi connectivity index (χ3n) is 5.84. The summed E-state index contributed by atoms with van der Waals surface area (Å²) in [6, 6.07) is 14.0. The second-order valence-electron chi connectivity index (χ2n) is 8.24. The van der Waals surface area contributed by atoms with Crippen LogP contribution >= 0.6 is 0 Å². The van der Waals surface area contributed by atoms with Crippen LogP contribution in [-0.2, 0) is 16.1 Å². The van der Waals surface area contributed by atoms with Crippen molar-refractivity contribution in [2.24, 2.45) is 0 Å². The molecular formula is C26H26N4O5. The Morgan fingerprint density at radius 3 is 2.34 bits per heavy atom. The van der Waals surface area contributed by atoms with E-state index in [9.17, 15) is 19.2 Å². The fourth-order valence-corrected chi connectivity index (χ4v) is 4.05. The molecule has 2 aromatic carbocycles. The van der Waals surface area contributed by atoms with Crippen molar-refractivity contribution in [2.45, 2.75) is 32.2 Å². The number of rotatable bonds is 10. The van der Waals surface area contributed by atoms with Crippen LogP contribution in [0.4, 0.5) is 5.69 Å². The second kappa shape index (κ2) is 10.8. The predicted octanol–water partition coefficient (Wildman–Crippen LogP) is 3.51. The van der Waals surface area contributed by atoms with Gasteiger partial charge in [0.15, 0.2) is 0 Å². The number of unbranched alkanes of at least 4 members (excludes halogenated alkanes) is 2. The molecule has 9 nitrogen and oxygen atoms in total. The minimum atomic E-state index is -0.413. The summed E-state index contributed by atoms with van der Waals surface area (Å²) in [6.45, 7) is 0.701. The maximum Gasteiger partial charge on any atom is 0.338 e. The van der Waals surface area contributed by atoms with Gasteiger partial charge in [0, 0.05) is 19.2 Å². The summed E-state index contributed by atoms with van der Waals surface area (Å²) in [5, 5.41) is 7.08. The normalized spacial score (nSPS) is 12.5. The van der Waals surface area contributed by atoms with E-state index in [-0.39, 0.29) is 17.7 Å². The summed E-state index contributed by atoms with van der Waals surface area (Å²) >= 11 is 0. The molecule has 0 radical (unpaired) electrons. The number of hydrogen-bond acceptors (Lipinski definition) is 6. The summed E-state index contributed by atoms with van der Waals surface area (Å²) in [7, 11) is 1.34. The van der Waals surface area contributed by atoms with Gasteiger partial charge in [0.05, 0.1) is 42.2 Å². The summed E-state index contributed by atoms with van der Waals surface area (Å²) < 4.78 is 6.46. The van der Waals surface area contributed by atoms with E-state index < -0.39 is 5.97 Å². The molecule has 1 aromatic heterocycles. The number of anilines is 1. The van der Waals surface area contributed by atoms with Crippen LogP contribution < -0.4 is 5.32 Å². The Bertz CT molecular complexity index is 1230. The van der Waals surface area contributed by atoms with Crippen LogP contribution in [0, 0.1) is 0 Å². The van der Waals surface area contributed by atoms with Crippen LogP contribution in [0.15, 0.2) is 60.9 Å². The van der Waals surface area contributed by atoms with Gasteiger partial charge in [0.25, 0.3) is 11.8 Å². The average molecular weight is 475 g/mol. The van der Waals surface area contributed by atoms with Gasteiger partial charge in [-0.1, -0.05) is 36.8 Å². The third kappa shape index (κ3) is 5.46. The number of amides is 3. The van der Waals surface area contributed by atoms with Gasteiger partial charge in [-0.05, 0) is 36.6 Å². The summed E-state index contributed by atoms with van der Waals surface area (Å²) in [5.74, 6) is -1.06. The Morgan fingerprint density at radius 2 is 1.63 bits per heavy atom. The van der Waals surface area contributed by atoms with Crippen molar-refractivity contribution >= 4 is 29.4 Å². The van der Waals surface area contributed by atoms with Crippen LogP contribution in [0.5, 0.6) is 0 Å². The highest BCUT2D eigenvalue weighted by Gasteiger charge is 2.34. The molecule has 1 N–H and O–H groups in total. The quantitative estimate of drug-likeness (QED) is 0.274. The van der Waals surface area contributed by atoms with Gasteiger partial charge in [-0.3, -0.25) is 24.0 Å². The molecule has 2 heterocycles. The maximum atomic E-state index is 12.4. The molecule has 0 saturated carbocycles. The lowest BCUT2D eigenvalue weighted by molar-refractivity contribution is -0.116. The first-order chi connectivity index (χ1) is 17.0. The molecule has 0 bridgehead atoms. The zero-order valence-electron chi connectivity index (χ0n) is 19.4. The summed E-state index contributed by atoms with van der Waals surface area (Å²) in [4.78, 5) is 50.3. The number of carbonyl (C=O) groups is 4. The lowest BCUT2D eigenvalue weighted by Crippen LogP contribution is -2.30. The molecule has 0 saturated heterocycles. The molecule has 180 valence electrons. The van der Waals surface area contributed by atoms with Crippen LogP contribution in [0.3, 0.4) is 0 Å². The van der Waals surface area contributed by atoms with E-state index >= 15 is 0 Å². The summed E-state index contributed by atoms with van der Waals surface area (Å²) in [6.07, 6.45) is 5.56. The highest BCUT2D eigenvalue weighted by molar-refractivity contribution is 6.21. The molecule has 4 rings (SSSR count). The van der Waals surface area contributed by atoms with Crippen molar-refractivity contribution in [2.75, 3.05) is 19.0 Å². The first kappa shape index (κ1) is 23.9. The van der Waals surface area contributed by atoms with Crippen LogP contribution in [-0.4, -0.2) is 52.0 Å². The number of fused-ring (bicyclic) bond motifs is 1. The van der Waals surface area contributed by atoms with E-state index in [0.717, 1.165) is 5.56 Å². The Balaban J connectivity index is 1.20. The number of carbonyl (C=O) groups excluding carboxylic acids is 4.